The number of rotatable bonds is 6. The molecule has 2 unspecified atom stereocenters. The maximum absolute atomic E-state index is 6.22. The zero-order valence-corrected chi connectivity index (χ0v) is 14.0. The summed E-state index contributed by atoms with van der Waals surface area (Å²) in [4.78, 5) is 4.65. The Balaban J connectivity index is 2.07. The maximum atomic E-state index is 6.22. The Labute approximate surface area is 129 Å². The molecule has 2 rings (SSSR count). The lowest BCUT2D eigenvalue weighted by atomic mass is 9.82. The van der Waals surface area contributed by atoms with E-state index in [2.05, 4.69) is 50.1 Å². The molecule has 3 heteroatoms. The molecule has 1 saturated carbocycles. The van der Waals surface area contributed by atoms with Crippen molar-refractivity contribution in [3.63, 3.8) is 0 Å². The van der Waals surface area contributed by atoms with Crippen LogP contribution in [0.5, 0.6) is 5.88 Å². The van der Waals surface area contributed by atoms with E-state index in [0.717, 1.165) is 55.8 Å². The van der Waals surface area contributed by atoms with Crippen molar-refractivity contribution in [3.05, 3.63) is 23.4 Å². The second-order valence-corrected chi connectivity index (χ2v) is 6.60. The van der Waals surface area contributed by atoms with Gasteiger partial charge in [-0.2, -0.15) is 0 Å². The predicted octanol–water partition coefficient (Wildman–Crippen LogP) is 3.96. The minimum absolute atomic E-state index is 0.329. The van der Waals surface area contributed by atoms with Gasteiger partial charge >= 0.3 is 0 Å². The average Bonchev–Trinajstić information content (AvgIpc) is 2.43. The Morgan fingerprint density at radius 3 is 2.48 bits per heavy atom. The molecule has 3 nitrogen and oxygen atoms in total. The van der Waals surface area contributed by atoms with Crippen LogP contribution in [-0.4, -0.2) is 17.6 Å². The number of nitrogens with one attached hydrogen (secondary N) is 1. The summed E-state index contributed by atoms with van der Waals surface area (Å²) >= 11 is 0. The van der Waals surface area contributed by atoms with Crippen LogP contribution in [0, 0.1) is 11.8 Å². The highest BCUT2D eigenvalue weighted by atomic mass is 16.5. The Bertz CT molecular complexity index is 437. The third kappa shape index (κ3) is 4.99. The van der Waals surface area contributed by atoms with Gasteiger partial charge in [0.1, 0.15) is 6.10 Å². The molecule has 0 amide bonds. The van der Waals surface area contributed by atoms with Crippen molar-refractivity contribution in [1.82, 2.24) is 10.3 Å². The summed E-state index contributed by atoms with van der Waals surface area (Å²) in [6.45, 7) is 10.8. The zero-order valence-electron chi connectivity index (χ0n) is 14.0. The Morgan fingerprint density at radius 1 is 1.14 bits per heavy atom. The largest absolute Gasteiger partial charge is 0.474 e. The molecule has 1 heterocycles. The number of ether oxygens (including phenoxy) is 1. The van der Waals surface area contributed by atoms with Crippen molar-refractivity contribution in [2.24, 2.45) is 11.8 Å². The van der Waals surface area contributed by atoms with Crippen molar-refractivity contribution >= 4 is 0 Å². The zero-order chi connectivity index (χ0) is 15.2. The molecule has 0 aromatic carbocycles. The molecule has 2 atom stereocenters. The lowest BCUT2D eigenvalue weighted by molar-refractivity contribution is 0.0964. The molecular weight excluding hydrogens is 260 g/mol. The van der Waals surface area contributed by atoms with E-state index in [4.69, 9.17) is 4.74 Å². The van der Waals surface area contributed by atoms with Crippen LogP contribution >= 0.6 is 0 Å². The second kappa shape index (κ2) is 7.79. The predicted molar refractivity (Wildman–Crippen MR) is 87.6 cm³/mol. The second-order valence-electron chi connectivity index (χ2n) is 6.60. The SMILES string of the molecule is CCNCc1cc(CC)nc(OC2CC(C)CC(C)C2)c1. The van der Waals surface area contributed by atoms with Gasteiger partial charge in [0.05, 0.1) is 0 Å². The van der Waals surface area contributed by atoms with Gasteiger partial charge in [0.25, 0.3) is 0 Å². The van der Waals surface area contributed by atoms with Crippen LogP contribution in [0.4, 0.5) is 0 Å². The van der Waals surface area contributed by atoms with Gasteiger partial charge in [-0.15, -0.1) is 0 Å². The van der Waals surface area contributed by atoms with E-state index >= 15 is 0 Å². The van der Waals surface area contributed by atoms with Gasteiger partial charge in [0.2, 0.25) is 5.88 Å². The van der Waals surface area contributed by atoms with Crippen LogP contribution in [0.15, 0.2) is 12.1 Å². The van der Waals surface area contributed by atoms with Gasteiger partial charge in [-0.1, -0.05) is 27.7 Å². The van der Waals surface area contributed by atoms with Crippen LogP contribution < -0.4 is 10.1 Å². The molecule has 1 aromatic heterocycles. The van der Waals surface area contributed by atoms with Crippen molar-refractivity contribution in [1.29, 1.82) is 0 Å². The summed E-state index contributed by atoms with van der Waals surface area (Å²) in [6, 6.07) is 4.29. The molecule has 21 heavy (non-hydrogen) atoms. The highest BCUT2D eigenvalue weighted by Gasteiger charge is 2.25. The van der Waals surface area contributed by atoms with Gasteiger partial charge in [-0.3, -0.25) is 0 Å². The van der Waals surface area contributed by atoms with Gasteiger partial charge in [-0.25, -0.2) is 4.98 Å². The Morgan fingerprint density at radius 2 is 1.86 bits per heavy atom. The molecule has 0 spiro atoms. The van der Waals surface area contributed by atoms with E-state index in [1.54, 1.807) is 0 Å². The van der Waals surface area contributed by atoms with E-state index in [-0.39, 0.29) is 0 Å². The van der Waals surface area contributed by atoms with Crippen LogP contribution in [0.2, 0.25) is 0 Å². The van der Waals surface area contributed by atoms with Crippen molar-refractivity contribution in [2.45, 2.75) is 66.0 Å². The molecule has 0 bridgehead atoms. The van der Waals surface area contributed by atoms with Crippen molar-refractivity contribution in [3.8, 4) is 5.88 Å². The minimum Gasteiger partial charge on any atom is -0.474 e. The standard InChI is InChI=1S/C18H30N2O/c1-5-16-10-15(12-19-6-2)11-18(20-16)21-17-8-13(3)7-14(4)9-17/h10-11,13-14,17,19H,5-9,12H2,1-4H3. The first kappa shape index (κ1) is 16.3. The van der Waals surface area contributed by atoms with Gasteiger partial charge in [-0.05, 0) is 55.7 Å². The number of aryl methyl sites for hydroxylation is 1. The normalized spacial score (nSPS) is 25.8. The van der Waals surface area contributed by atoms with Gasteiger partial charge in [0.15, 0.2) is 0 Å². The van der Waals surface area contributed by atoms with Gasteiger partial charge < -0.3 is 10.1 Å². The summed E-state index contributed by atoms with van der Waals surface area (Å²) in [6.07, 6.45) is 4.92. The van der Waals surface area contributed by atoms with E-state index in [1.165, 1.54) is 12.0 Å². The summed E-state index contributed by atoms with van der Waals surface area (Å²) in [7, 11) is 0. The Hall–Kier alpha value is -1.09. The lowest BCUT2D eigenvalue weighted by Crippen LogP contribution is -2.29. The summed E-state index contributed by atoms with van der Waals surface area (Å²) < 4.78 is 6.22. The molecule has 1 N–H and O–H groups in total. The fraction of sp³-hybridized carbons (Fsp3) is 0.722. The third-order valence-corrected chi connectivity index (χ3v) is 4.28. The summed E-state index contributed by atoms with van der Waals surface area (Å²) in [5.74, 6) is 2.33. The van der Waals surface area contributed by atoms with Crippen LogP contribution in [-0.2, 0) is 13.0 Å². The molecule has 0 radical (unpaired) electrons. The first-order valence-electron chi connectivity index (χ1n) is 8.47. The fourth-order valence-electron chi connectivity index (χ4n) is 3.37. The molecule has 0 aliphatic heterocycles. The third-order valence-electron chi connectivity index (χ3n) is 4.28. The fourth-order valence-corrected chi connectivity index (χ4v) is 3.37. The summed E-state index contributed by atoms with van der Waals surface area (Å²) in [5.41, 5.74) is 2.40. The number of hydrogen-bond donors (Lipinski definition) is 1. The van der Waals surface area contributed by atoms with Crippen LogP contribution in [0.25, 0.3) is 0 Å². The van der Waals surface area contributed by atoms with E-state index in [1.807, 2.05) is 0 Å². The number of pyridine rings is 1. The van der Waals surface area contributed by atoms with Crippen LogP contribution in [0.1, 0.15) is 58.2 Å². The first-order chi connectivity index (χ1) is 10.1. The van der Waals surface area contributed by atoms with Crippen molar-refractivity contribution < 1.29 is 4.74 Å². The first-order valence-corrected chi connectivity index (χ1v) is 8.47. The van der Waals surface area contributed by atoms with Crippen LogP contribution in [0.3, 0.4) is 0 Å². The van der Waals surface area contributed by atoms with Crippen molar-refractivity contribution in [2.75, 3.05) is 6.54 Å². The molecule has 1 aliphatic rings. The smallest absolute Gasteiger partial charge is 0.214 e. The number of nitrogens with zero attached hydrogens (tertiary/aromatic N) is 1. The van der Waals surface area contributed by atoms with E-state index < -0.39 is 0 Å². The lowest BCUT2D eigenvalue weighted by Gasteiger charge is -2.31. The topological polar surface area (TPSA) is 34.2 Å². The molecule has 1 fully saturated rings. The van der Waals surface area contributed by atoms with Gasteiger partial charge in [0, 0.05) is 18.3 Å². The number of hydrogen-bond acceptors (Lipinski definition) is 3. The molecule has 118 valence electrons. The highest BCUT2D eigenvalue weighted by Crippen LogP contribution is 2.31. The molecular formula is C18H30N2O. The average molecular weight is 290 g/mol. The molecule has 0 saturated heterocycles. The monoisotopic (exact) mass is 290 g/mol. The van der Waals surface area contributed by atoms with E-state index in [9.17, 15) is 0 Å². The Kier molecular flexibility index (Phi) is 6.04. The molecule has 1 aliphatic carbocycles. The molecule has 1 aromatic rings. The number of aromatic nitrogens is 1. The van der Waals surface area contributed by atoms with E-state index in [0.29, 0.717) is 6.10 Å². The summed E-state index contributed by atoms with van der Waals surface area (Å²) in [5, 5.41) is 3.38. The quantitative estimate of drug-likeness (QED) is 0.861. The maximum Gasteiger partial charge on any atom is 0.214 e. The highest BCUT2D eigenvalue weighted by molar-refractivity contribution is 5.25. The minimum atomic E-state index is 0.329.